The van der Waals surface area contributed by atoms with Crippen LogP contribution in [0.3, 0.4) is 0 Å². The third-order valence-corrected chi connectivity index (χ3v) is 5.14. The van der Waals surface area contributed by atoms with Crippen molar-refractivity contribution in [2.45, 2.75) is 23.8 Å². The van der Waals surface area contributed by atoms with E-state index in [4.69, 9.17) is 0 Å². The standard InChI is InChI=1S/C13H20N4O4S/c1-14-22(20,21)11-5-6-12(13(8-11)17(18)19)15-10-4-3-7-16(2)9-10/h5-6,8,10,14-15H,3-4,7,9H2,1-2H3. The molecule has 1 saturated heterocycles. The summed E-state index contributed by atoms with van der Waals surface area (Å²) in [4.78, 5) is 12.7. The fourth-order valence-corrected chi connectivity index (χ4v) is 3.32. The van der Waals surface area contributed by atoms with Crippen LogP contribution in [0.25, 0.3) is 0 Å². The number of anilines is 1. The van der Waals surface area contributed by atoms with Gasteiger partial charge in [0.2, 0.25) is 10.0 Å². The summed E-state index contributed by atoms with van der Waals surface area (Å²) in [6, 6.07) is 4.02. The average Bonchev–Trinajstić information content (AvgIpc) is 2.47. The summed E-state index contributed by atoms with van der Waals surface area (Å²) < 4.78 is 25.7. The maximum absolute atomic E-state index is 11.8. The Bertz CT molecular complexity index is 662. The Morgan fingerprint density at radius 3 is 2.73 bits per heavy atom. The van der Waals surface area contributed by atoms with Crippen molar-refractivity contribution in [2.24, 2.45) is 0 Å². The molecule has 0 bridgehead atoms. The normalized spacial score (nSPS) is 19.8. The van der Waals surface area contributed by atoms with Crippen molar-refractivity contribution >= 4 is 21.4 Å². The molecule has 1 unspecified atom stereocenters. The van der Waals surface area contributed by atoms with E-state index in [9.17, 15) is 18.5 Å². The Hall–Kier alpha value is -1.71. The molecule has 9 heteroatoms. The third-order valence-electron chi connectivity index (χ3n) is 3.73. The van der Waals surface area contributed by atoms with Gasteiger partial charge in [-0.25, -0.2) is 13.1 Å². The number of likely N-dealkylation sites (tertiary alicyclic amines) is 1. The number of piperidine rings is 1. The lowest BCUT2D eigenvalue weighted by Crippen LogP contribution is -2.39. The van der Waals surface area contributed by atoms with Crippen molar-refractivity contribution in [2.75, 3.05) is 32.5 Å². The van der Waals surface area contributed by atoms with Crippen LogP contribution in [-0.2, 0) is 10.0 Å². The van der Waals surface area contributed by atoms with Gasteiger partial charge in [0, 0.05) is 18.7 Å². The first kappa shape index (κ1) is 16.7. The summed E-state index contributed by atoms with van der Waals surface area (Å²) in [5, 5.41) is 14.4. The highest BCUT2D eigenvalue weighted by Crippen LogP contribution is 2.29. The quantitative estimate of drug-likeness (QED) is 0.617. The zero-order valence-electron chi connectivity index (χ0n) is 12.6. The number of nitrogens with zero attached hydrogens (tertiary/aromatic N) is 2. The summed E-state index contributed by atoms with van der Waals surface area (Å²) in [5.41, 5.74) is 0.116. The number of likely N-dealkylation sites (N-methyl/N-ethyl adjacent to an activating group) is 1. The number of sulfonamides is 1. The van der Waals surface area contributed by atoms with Crippen LogP contribution in [0, 0.1) is 10.1 Å². The number of hydrogen-bond donors (Lipinski definition) is 2. The molecule has 1 aliphatic heterocycles. The highest BCUT2D eigenvalue weighted by atomic mass is 32.2. The van der Waals surface area contributed by atoms with Crippen molar-refractivity contribution in [1.29, 1.82) is 0 Å². The van der Waals surface area contributed by atoms with Crippen LogP contribution in [0.1, 0.15) is 12.8 Å². The lowest BCUT2D eigenvalue weighted by molar-refractivity contribution is -0.384. The van der Waals surface area contributed by atoms with Crippen LogP contribution in [0.15, 0.2) is 23.1 Å². The van der Waals surface area contributed by atoms with Gasteiger partial charge in [0.1, 0.15) is 5.69 Å². The highest BCUT2D eigenvalue weighted by molar-refractivity contribution is 7.89. The molecule has 22 heavy (non-hydrogen) atoms. The number of nitro benzene ring substituents is 1. The van der Waals surface area contributed by atoms with Gasteiger partial charge in [0.05, 0.1) is 9.82 Å². The van der Waals surface area contributed by atoms with Gasteiger partial charge in [0.15, 0.2) is 0 Å². The zero-order chi connectivity index (χ0) is 16.3. The van der Waals surface area contributed by atoms with E-state index in [1.807, 2.05) is 7.05 Å². The molecule has 1 heterocycles. The molecule has 1 atom stereocenters. The lowest BCUT2D eigenvalue weighted by atomic mass is 10.1. The van der Waals surface area contributed by atoms with Gasteiger partial charge in [-0.1, -0.05) is 0 Å². The fourth-order valence-electron chi connectivity index (χ4n) is 2.57. The van der Waals surface area contributed by atoms with Gasteiger partial charge in [-0.05, 0) is 45.6 Å². The van der Waals surface area contributed by atoms with Gasteiger partial charge in [-0.2, -0.15) is 0 Å². The van der Waals surface area contributed by atoms with Gasteiger partial charge >= 0.3 is 0 Å². The van der Waals surface area contributed by atoms with Crippen LogP contribution in [0.4, 0.5) is 11.4 Å². The summed E-state index contributed by atoms with van der Waals surface area (Å²) >= 11 is 0. The first-order valence-corrected chi connectivity index (χ1v) is 8.49. The van der Waals surface area contributed by atoms with Crippen molar-refractivity contribution in [1.82, 2.24) is 9.62 Å². The highest BCUT2D eigenvalue weighted by Gasteiger charge is 2.23. The van der Waals surface area contributed by atoms with E-state index < -0.39 is 14.9 Å². The first-order chi connectivity index (χ1) is 10.3. The Labute approximate surface area is 129 Å². The number of benzene rings is 1. The minimum Gasteiger partial charge on any atom is -0.375 e. The monoisotopic (exact) mass is 328 g/mol. The molecule has 0 aromatic heterocycles. The molecular formula is C13H20N4O4S. The molecule has 1 aliphatic rings. The summed E-state index contributed by atoms with van der Waals surface area (Å²) in [7, 11) is -0.429. The van der Waals surface area contributed by atoms with Gasteiger partial charge in [0.25, 0.3) is 5.69 Å². The van der Waals surface area contributed by atoms with Crippen molar-refractivity contribution in [3.63, 3.8) is 0 Å². The van der Waals surface area contributed by atoms with Crippen LogP contribution in [0.2, 0.25) is 0 Å². The molecule has 2 N–H and O–H groups in total. The Morgan fingerprint density at radius 2 is 2.14 bits per heavy atom. The fraction of sp³-hybridized carbons (Fsp3) is 0.538. The van der Waals surface area contributed by atoms with Crippen LogP contribution < -0.4 is 10.0 Å². The molecule has 122 valence electrons. The second kappa shape index (κ2) is 6.59. The molecular weight excluding hydrogens is 308 g/mol. The van der Waals surface area contributed by atoms with Gasteiger partial charge in [-0.15, -0.1) is 0 Å². The van der Waals surface area contributed by atoms with E-state index in [2.05, 4.69) is 14.9 Å². The number of hydrogen-bond acceptors (Lipinski definition) is 6. The molecule has 0 amide bonds. The molecule has 1 aromatic rings. The SMILES string of the molecule is CNS(=O)(=O)c1ccc(NC2CCCN(C)C2)c([N+](=O)[O-])c1. The van der Waals surface area contributed by atoms with Crippen LogP contribution in [-0.4, -0.2) is 51.5 Å². The van der Waals surface area contributed by atoms with E-state index in [-0.39, 0.29) is 16.6 Å². The predicted molar refractivity (Wildman–Crippen MR) is 83.5 cm³/mol. The molecule has 0 radical (unpaired) electrons. The van der Waals surface area contributed by atoms with E-state index in [0.29, 0.717) is 5.69 Å². The van der Waals surface area contributed by atoms with Crippen molar-refractivity contribution < 1.29 is 13.3 Å². The second-order valence-corrected chi connectivity index (χ2v) is 7.28. The van der Waals surface area contributed by atoms with Crippen molar-refractivity contribution in [3.8, 4) is 0 Å². The van der Waals surface area contributed by atoms with Gasteiger partial charge in [-0.3, -0.25) is 10.1 Å². The molecule has 1 fully saturated rings. The van der Waals surface area contributed by atoms with Crippen LogP contribution in [0.5, 0.6) is 0 Å². The number of rotatable bonds is 5. The zero-order valence-corrected chi connectivity index (χ0v) is 13.4. The number of nitro groups is 1. The molecule has 0 aliphatic carbocycles. The minimum atomic E-state index is -3.70. The van der Waals surface area contributed by atoms with Crippen LogP contribution >= 0.6 is 0 Å². The molecule has 1 aromatic carbocycles. The first-order valence-electron chi connectivity index (χ1n) is 7.00. The molecule has 0 spiro atoms. The molecule has 8 nitrogen and oxygen atoms in total. The smallest absolute Gasteiger partial charge is 0.293 e. The maximum atomic E-state index is 11.8. The predicted octanol–water partition coefficient (Wildman–Crippen LogP) is 1.01. The maximum Gasteiger partial charge on any atom is 0.293 e. The molecule has 2 rings (SSSR count). The minimum absolute atomic E-state index is 0.115. The average molecular weight is 328 g/mol. The third kappa shape index (κ3) is 3.73. The second-order valence-electron chi connectivity index (χ2n) is 5.39. The molecule has 0 saturated carbocycles. The topological polar surface area (TPSA) is 105 Å². The summed E-state index contributed by atoms with van der Waals surface area (Å²) in [6.07, 6.45) is 1.95. The Balaban J connectivity index is 2.30. The largest absolute Gasteiger partial charge is 0.375 e. The van der Waals surface area contributed by atoms with Gasteiger partial charge < -0.3 is 10.2 Å². The summed E-state index contributed by atoms with van der Waals surface area (Å²) in [6.45, 7) is 1.81. The lowest BCUT2D eigenvalue weighted by Gasteiger charge is -2.30. The van der Waals surface area contributed by atoms with Crippen molar-refractivity contribution in [3.05, 3.63) is 28.3 Å². The Morgan fingerprint density at radius 1 is 1.41 bits per heavy atom. The summed E-state index contributed by atoms with van der Waals surface area (Å²) in [5.74, 6) is 0. The van der Waals surface area contributed by atoms with E-state index >= 15 is 0 Å². The van der Waals surface area contributed by atoms with E-state index in [0.717, 1.165) is 32.0 Å². The van der Waals surface area contributed by atoms with E-state index in [1.54, 1.807) is 0 Å². The number of nitrogens with one attached hydrogen (secondary N) is 2. The van der Waals surface area contributed by atoms with E-state index in [1.165, 1.54) is 19.2 Å². The Kier molecular flexibility index (Phi) is 4.99.